The van der Waals surface area contributed by atoms with Crippen LogP contribution in [0.3, 0.4) is 0 Å². The van der Waals surface area contributed by atoms with Crippen molar-refractivity contribution >= 4 is 24.5 Å². The molecule has 1 atom stereocenters. The molecule has 1 aliphatic rings. The summed E-state index contributed by atoms with van der Waals surface area (Å²) in [6, 6.07) is 12.6. The summed E-state index contributed by atoms with van der Waals surface area (Å²) in [6.45, 7) is 2.12. The molecular formula is C14H12ClO3P. The maximum Gasteiger partial charge on any atom is 0.411 e. The lowest BCUT2D eigenvalue weighted by molar-refractivity contribution is 0.288. The molecule has 0 saturated heterocycles. The molecule has 3 nitrogen and oxygen atoms in total. The SMILES string of the molecule is CCOP1(=O)Oc2ccc(Cl)cc2-c2ccccc21. The lowest BCUT2D eigenvalue weighted by atomic mass is 10.0. The van der Waals surface area contributed by atoms with Gasteiger partial charge in [0.25, 0.3) is 0 Å². The normalized spacial score (nSPS) is 20.3. The van der Waals surface area contributed by atoms with E-state index in [2.05, 4.69) is 0 Å². The molecule has 19 heavy (non-hydrogen) atoms. The Balaban J connectivity index is 2.27. The van der Waals surface area contributed by atoms with Crippen LogP contribution in [-0.2, 0) is 9.09 Å². The molecule has 1 unspecified atom stereocenters. The number of fused-ring (bicyclic) bond motifs is 3. The average molecular weight is 295 g/mol. The maximum atomic E-state index is 12.8. The molecule has 0 saturated carbocycles. The third-order valence-corrected chi connectivity index (χ3v) is 5.20. The van der Waals surface area contributed by atoms with Crippen LogP contribution < -0.4 is 9.83 Å². The van der Waals surface area contributed by atoms with Gasteiger partial charge in [-0.25, -0.2) is 4.57 Å². The van der Waals surface area contributed by atoms with Crippen LogP contribution in [0.4, 0.5) is 0 Å². The second kappa shape index (κ2) is 4.68. The van der Waals surface area contributed by atoms with E-state index in [-0.39, 0.29) is 0 Å². The second-order valence-electron chi connectivity index (χ2n) is 4.16. The van der Waals surface area contributed by atoms with Crippen molar-refractivity contribution in [1.29, 1.82) is 0 Å². The van der Waals surface area contributed by atoms with Crippen LogP contribution in [0.25, 0.3) is 11.1 Å². The van der Waals surface area contributed by atoms with Gasteiger partial charge >= 0.3 is 7.60 Å². The van der Waals surface area contributed by atoms with Gasteiger partial charge in [0.1, 0.15) is 5.75 Å². The van der Waals surface area contributed by atoms with Crippen LogP contribution in [0.5, 0.6) is 5.75 Å². The van der Waals surface area contributed by atoms with Crippen molar-refractivity contribution in [2.45, 2.75) is 6.92 Å². The van der Waals surface area contributed by atoms with Crippen molar-refractivity contribution in [2.24, 2.45) is 0 Å². The molecule has 0 bridgehead atoms. The van der Waals surface area contributed by atoms with E-state index >= 15 is 0 Å². The molecule has 0 amide bonds. The van der Waals surface area contributed by atoms with Crippen molar-refractivity contribution in [3.63, 3.8) is 0 Å². The minimum absolute atomic E-state index is 0.328. The molecule has 3 rings (SSSR count). The number of hydrogen-bond acceptors (Lipinski definition) is 3. The first-order valence-corrected chi connectivity index (χ1v) is 7.90. The zero-order chi connectivity index (χ0) is 13.5. The lowest BCUT2D eigenvalue weighted by Gasteiger charge is -2.27. The quantitative estimate of drug-likeness (QED) is 0.777. The third-order valence-electron chi connectivity index (χ3n) is 2.95. The number of hydrogen-bond donors (Lipinski definition) is 0. The first-order chi connectivity index (χ1) is 9.14. The van der Waals surface area contributed by atoms with E-state index in [4.69, 9.17) is 20.6 Å². The van der Waals surface area contributed by atoms with E-state index < -0.39 is 7.60 Å². The Hall–Kier alpha value is -1.28. The Kier molecular flexibility index (Phi) is 3.14. The fourth-order valence-electron chi connectivity index (χ4n) is 2.18. The minimum Gasteiger partial charge on any atom is -0.421 e. The Morgan fingerprint density at radius 2 is 2.00 bits per heavy atom. The highest BCUT2D eigenvalue weighted by Gasteiger charge is 2.37. The Morgan fingerprint density at radius 1 is 1.21 bits per heavy atom. The van der Waals surface area contributed by atoms with Gasteiger partial charge in [0.2, 0.25) is 0 Å². The van der Waals surface area contributed by atoms with E-state index in [9.17, 15) is 4.57 Å². The summed E-state index contributed by atoms with van der Waals surface area (Å²) in [5.74, 6) is 0.542. The molecule has 98 valence electrons. The molecule has 0 fully saturated rings. The molecule has 2 aromatic rings. The molecule has 0 N–H and O–H groups in total. The van der Waals surface area contributed by atoms with Gasteiger partial charge in [-0.2, -0.15) is 0 Å². The summed E-state index contributed by atoms with van der Waals surface area (Å²) in [6.07, 6.45) is 0. The van der Waals surface area contributed by atoms with Crippen LogP contribution in [0.15, 0.2) is 42.5 Å². The molecule has 1 aliphatic heterocycles. The fourth-order valence-corrected chi connectivity index (χ4v) is 4.16. The number of benzene rings is 2. The predicted molar refractivity (Wildman–Crippen MR) is 76.4 cm³/mol. The summed E-state index contributed by atoms with van der Waals surface area (Å²) < 4.78 is 23.8. The molecule has 2 aromatic carbocycles. The highest BCUT2D eigenvalue weighted by atomic mass is 35.5. The van der Waals surface area contributed by atoms with Crippen LogP contribution >= 0.6 is 19.2 Å². The van der Waals surface area contributed by atoms with Gasteiger partial charge < -0.3 is 4.52 Å². The van der Waals surface area contributed by atoms with Crippen molar-refractivity contribution in [1.82, 2.24) is 0 Å². The van der Waals surface area contributed by atoms with E-state index in [0.717, 1.165) is 11.1 Å². The van der Waals surface area contributed by atoms with Gasteiger partial charge in [-0.05, 0) is 31.2 Å². The van der Waals surface area contributed by atoms with Gasteiger partial charge in [0.05, 0.1) is 11.9 Å². The van der Waals surface area contributed by atoms with Crippen molar-refractivity contribution in [2.75, 3.05) is 6.61 Å². The Morgan fingerprint density at radius 3 is 2.79 bits per heavy atom. The van der Waals surface area contributed by atoms with E-state index in [1.807, 2.05) is 24.3 Å². The Bertz CT molecular complexity index is 684. The Labute approximate surface area is 116 Å². The van der Waals surface area contributed by atoms with E-state index in [0.29, 0.717) is 22.7 Å². The van der Waals surface area contributed by atoms with E-state index in [1.165, 1.54) is 0 Å². The van der Waals surface area contributed by atoms with Crippen LogP contribution in [-0.4, -0.2) is 6.61 Å². The van der Waals surface area contributed by atoms with Crippen molar-refractivity contribution in [3.8, 4) is 16.9 Å². The monoisotopic (exact) mass is 294 g/mol. The first-order valence-electron chi connectivity index (χ1n) is 5.98. The topological polar surface area (TPSA) is 35.5 Å². The molecule has 0 radical (unpaired) electrons. The summed E-state index contributed by atoms with van der Waals surface area (Å²) in [4.78, 5) is 0. The average Bonchev–Trinajstić information content (AvgIpc) is 2.41. The summed E-state index contributed by atoms with van der Waals surface area (Å²) >= 11 is 6.02. The molecule has 5 heteroatoms. The molecule has 0 aliphatic carbocycles. The largest absolute Gasteiger partial charge is 0.421 e. The third kappa shape index (κ3) is 2.08. The molecule has 0 aromatic heterocycles. The number of rotatable bonds is 2. The van der Waals surface area contributed by atoms with Gasteiger partial charge in [0, 0.05) is 16.1 Å². The standard InChI is InChI=1S/C14H12ClO3P/c1-2-17-19(16)14-6-4-3-5-11(14)12-9-10(15)7-8-13(12)18-19/h3-9H,2H2,1H3. The molecule has 1 heterocycles. The fraction of sp³-hybridized carbons (Fsp3) is 0.143. The van der Waals surface area contributed by atoms with Crippen LogP contribution in [0.2, 0.25) is 5.02 Å². The van der Waals surface area contributed by atoms with Crippen LogP contribution in [0, 0.1) is 0 Å². The second-order valence-corrected chi connectivity index (χ2v) is 6.52. The smallest absolute Gasteiger partial charge is 0.411 e. The van der Waals surface area contributed by atoms with Crippen LogP contribution in [0.1, 0.15) is 6.92 Å². The zero-order valence-electron chi connectivity index (χ0n) is 10.3. The zero-order valence-corrected chi connectivity index (χ0v) is 11.9. The first kappa shape index (κ1) is 12.7. The minimum atomic E-state index is -3.29. The number of halogens is 1. The van der Waals surface area contributed by atoms with E-state index in [1.54, 1.807) is 25.1 Å². The lowest BCUT2D eigenvalue weighted by Crippen LogP contribution is -2.19. The van der Waals surface area contributed by atoms with Gasteiger partial charge in [0.15, 0.2) is 0 Å². The molecule has 0 spiro atoms. The van der Waals surface area contributed by atoms with Gasteiger partial charge in [-0.15, -0.1) is 0 Å². The highest BCUT2D eigenvalue weighted by molar-refractivity contribution is 7.63. The highest BCUT2D eigenvalue weighted by Crippen LogP contribution is 2.55. The van der Waals surface area contributed by atoms with Gasteiger partial charge in [-0.3, -0.25) is 4.52 Å². The summed E-state index contributed by atoms with van der Waals surface area (Å²) in [7, 11) is -3.29. The molecular weight excluding hydrogens is 283 g/mol. The predicted octanol–water partition coefficient (Wildman–Crippen LogP) is 4.25. The summed E-state index contributed by atoms with van der Waals surface area (Å²) in [5, 5.41) is 1.21. The summed E-state index contributed by atoms with van der Waals surface area (Å²) in [5.41, 5.74) is 1.69. The van der Waals surface area contributed by atoms with Gasteiger partial charge in [-0.1, -0.05) is 29.8 Å². The van der Waals surface area contributed by atoms with Crippen molar-refractivity contribution in [3.05, 3.63) is 47.5 Å². The van der Waals surface area contributed by atoms with Crippen molar-refractivity contribution < 1.29 is 13.6 Å². The maximum absolute atomic E-state index is 12.8.